The number of rotatable bonds is 1. The van der Waals surface area contributed by atoms with E-state index in [1.807, 2.05) is 0 Å². The van der Waals surface area contributed by atoms with Gasteiger partial charge in [-0.1, -0.05) is 13.8 Å². The Morgan fingerprint density at radius 3 is 2.00 bits per heavy atom. The molecule has 2 aliphatic rings. The summed E-state index contributed by atoms with van der Waals surface area (Å²) in [6, 6.07) is 1.80. The maximum Gasteiger partial charge on any atom is 0.0280 e. The van der Waals surface area contributed by atoms with Gasteiger partial charge >= 0.3 is 0 Å². The van der Waals surface area contributed by atoms with Gasteiger partial charge in [-0.25, -0.2) is 0 Å². The standard InChI is InChI=1S/C10H19N/c1-6-5-9(7(6)2)10-8(3)11(10)4/h6-10H,5H2,1-4H3/t6?,7?,8?,9-,10?,11?/m1/s1. The zero-order chi connectivity index (χ0) is 8.17. The fourth-order valence-corrected chi connectivity index (χ4v) is 2.72. The van der Waals surface area contributed by atoms with Gasteiger partial charge in [0.25, 0.3) is 0 Å². The molecule has 6 atom stereocenters. The van der Waals surface area contributed by atoms with Gasteiger partial charge < -0.3 is 0 Å². The van der Waals surface area contributed by atoms with Crippen molar-refractivity contribution in [3.05, 3.63) is 0 Å². The van der Waals surface area contributed by atoms with Gasteiger partial charge in [0.05, 0.1) is 0 Å². The van der Waals surface area contributed by atoms with E-state index in [1.165, 1.54) is 6.42 Å². The molecule has 1 saturated carbocycles. The minimum Gasteiger partial charge on any atom is -0.297 e. The molecule has 0 N–H and O–H groups in total. The van der Waals surface area contributed by atoms with Crippen molar-refractivity contribution < 1.29 is 0 Å². The second-order valence-corrected chi connectivity index (χ2v) is 4.63. The Kier molecular flexibility index (Phi) is 1.54. The molecule has 1 nitrogen and oxygen atoms in total. The van der Waals surface area contributed by atoms with Crippen LogP contribution in [0.1, 0.15) is 27.2 Å². The first-order chi connectivity index (χ1) is 5.13. The average Bonchev–Trinajstić information content (AvgIpc) is 2.55. The molecule has 11 heavy (non-hydrogen) atoms. The van der Waals surface area contributed by atoms with Crippen LogP contribution in [0, 0.1) is 17.8 Å². The fraction of sp³-hybridized carbons (Fsp3) is 1.00. The third-order valence-electron chi connectivity index (χ3n) is 4.17. The van der Waals surface area contributed by atoms with Crippen molar-refractivity contribution >= 4 is 0 Å². The Labute approximate surface area is 69.8 Å². The van der Waals surface area contributed by atoms with E-state index in [2.05, 4.69) is 32.7 Å². The van der Waals surface area contributed by atoms with E-state index in [9.17, 15) is 0 Å². The molecule has 2 rings (SSSR count). The van der Waals surface area contributed by atoms with Crippen molar-refractivity contribution in [3.63, 3.8) is 0 Å². The lowest BCUT2D eigenvalue weighted by Crippen LogP contribution is -2.37. The average molecular weight is 153 g/mol. The molecule has 64 valence electrons. The predicted octanol–water partition coefficient (Wildman–Crippen LogP) is 1.98. The Hall–Kier alpha value is -0.0400. The highest BCUT2D eigenvalue weighted by molar-refractivity contribution is 5.06. The largest absolute Gasteiger partial charge is 0.297 e. The highest BCUT2D eigenvalue weighted by Gasteiger charge is 2.52. The Bertz CT molecular complexity index is 158. The summed E-state index contributed by atoms with van der Waals surface area (Å²) in [7, 11) is 2.26. The van der Waals surface area contributed by atoms with Crippen molar-refractivity contribution in [1.29, 1.82) is 0 Å². The summed E-state index contributed by atoms with van der Waals surface area (Å²) in [6.07, 6.45) is 1.47. The van der Waals surface area contributed by atoms with Crippen LogP contribution in [-0.4, -0.2) is 24.0 Å². The van der Waals surface area contributed by atoms with Crippen molar-refractivity contribution in [2.45, 2.75) is 39.3 Å². The van der Waals surface area contributed by atoms with Gasteiger partial charge in [0.1, 0.15) is 0 Å². The zero-order valence-electron chi connectivity index (χ0n) is 8.04. The molecule has 0 radical (unpaired) electrons. The second-order valence-electron chi connectivity index (χ2n) is 4.63. The normalized spacial score (nSPS) is 62.2. The Morgan fingerprint density at radius 2 is 1.73 bits per heavy atom. The van der Waals surface area contributed by atoms with Gasteiger partial charge in [0.2, 0.25) is 0 Å². The molecular weight excluding hydrogens is 134 g/mol. The van der Waals surface area contributed by atoms with E-state index in [0.29, 0.717) is 0 Å². The Morgan fingerprint density at radius 1 is 1.18 bits per heavy atom. The lowest BCUT2D eigenvalue weighted by molar-refractivity contribution is 0.0912. The van der Waals surface area contributed by atoms with Gasteiger partial charge in [-0.05, 0) is 38.1 Å². The minimum atomic E-state index is 0.870. The summed E-state index contributed by atoms with van der Waals surface area (Å²) in [5.74, 6) is 2.98. The van der Waals surface area contributed by atoms with Gasteiger partial charge in [-0.2, -0.15) is 0 Å². The van der Waals surface area contributed by atoms with E-state index in [0.717, 1.165) is 29.8 Å². The molecule has 0 bridgehead atoms. The van der Waals surface area contributed by atoms with Crippen molar-refractivity contribution in [2.75, 3.05) is 7.05 Å². The van der Waals surface area contributed by atoms with Crippen LogP contribution in [-0.2, 0) is 0 Å². The third kappa shape index (κ3) is 0.936. The molecule has 5 unspecified atom stereocenters. The minimum absolute atomic E-state index is 0.870. The van der Waals surface area contributed by atoms with Crippen LogP contribution in [0.3, 0.4) is 0 Å². The monoisotopic (exact) mass is 153 g/mol. The molecule has 0 aromatic carbocycles. The van der Waals surface area contributed by atoms with Crippen LogP contribution in [0.5, 0.6) is 0 Å². The third-order valence-corrected chi connectivity index (χ3v) is 4.17. The molecule has 0 spiro atoms. The molecule has 1 aliphatic carbocycles. The molecule has 0 amide bonds. The second kappa shape index (κ2) is 2.22. The van der Waals surface area contributed by atoms with E-state index in [-0.39, 0.29) is 0 Å². The summed E-state index contributed by atoms with van der Waals surface area (Å²) in [6.45, 7) is 7.15. The topological polar surface area (TPSA) is 3.01 Å². The SMILES string of the molecule is CC1C[C@@H](C2C(C)N2C)C1C. The Balaban J connectivity index is 1.90. The first-order valence-corrected chi connectivity index (χ1v) is 4.85. The maximum atomic E-state index is 2.51. The van der Waals surface area contributed by atoms with Crippen LogP contribution in [0.25, 0.3) is 0 Å². The lowest BCUT2D eigenvalue weighted by Gasteiger charge is -2.41. The highest BCUT2D eigenvalue weighted by Crippen LogP contribution is 2.49. The van der Waals surface area contributed by atoms with E-state index in [4.69, 9.17) is 0 Å². The molecule has 1 heterocycles. The van der Waals surface area contributed by atoms with E-state index in [1.54, 1.807) is 0 Å². The van der Waals surface area contributed by atoms with Crippen LogP contribution in [0.4, 0.5) is 0 Å². The van der Waals surface area contributed by atoms with Gasteiger partial charge in [-0.15, -0.1) is 0 Å². The van der Waals surface area contributed by atoms with E-state index < -0.39 is 0 Å². The summed E-state index contributed by atoms with van der Waals surface area (Å²) >= 11 is 0. The molecule has 1 heteroatoms. The summed E-state index contributed by atoms with van der Waals surface area (Å²) in [5, 5.41) is 0. The van der Waals surface area contributed by atoms with Crippen LogP contribution < -0.4 is 0 Å². The number of hydrogen-bond acceptors (Lipinski definition) is 1. The predicted molar refractivity (Wildman–Crippen MR) is 47.4 cm³/mol. The van der Waals surface area contributed by atoms with Crippen LogP contribution in [0.15, 0.2) is 0 Å². The fourth-order valence-electron chi connectivity index (χ4n) is 2.72. The lowest BCUT2D eigenvalue weighted by atomic mass is 9.65. The van der Waals surface area contributed by atoms with Crippen molar-refractivity contribution in [2.24, 2.45) is 17.8 Å². The van der Waals surface area contributed by atoms with Crippen molar-refractivity contribution in [1.82, 2.24) is 4.90 Å². The summed E-state index contributed by atoms with van der Waals surface area (Å²) in [4.78, 5) is 2.51. The number of likely N-dealkylation sites (N-methyl/N-ethyl adjacent to an activating group) is 1. The summed E-state index contributed by atoms with van der Waals surface area (Å²) in [5.41, 5.74) is 0. The van der Waals surface area contributed by atoms with Crippen LogP contribution >= 0.6 is 0 Å². The number of nitrogens with zero attached hydrogens (tertiary/aromatic N) is 1. The molecule has 0 aromatic rings. The quantitative estimate of drug-likeness (QED) is 0.521. The van der Waals surface area contributed by atoms with Gasteiger partial charge in [-0.3, -0.25) is 4.90 Å². The molecule has 1 aliphatic heterocycles. The summed E-state index contributed by atoms with van der Waals surface area (Å²) < 4.78 is 0. The van der Waals surface area contributed by atoms with E-state index >= 15 is 0 Å². The molecule has 1 saturated heterocycles. The first-order valence-electron chi connectivity index (χ1n) is 4.85. The molecule has 2 fully saturated rings. The number of hydrogen-bond donors (Lipinski definition) is 0. The van der Waals surface area contributed by atoms with Crippen molar-refractivity contribution in [3.8, 4) is 0 Å². The highest BCUT2D eigenvalue weighted by atomic mass is 15.3. The smallest absolute Gasteiger partial charge is 0.0280 e. The first kappa shape index (κ1) is 7.60. The molecule has 0 aromatic heterocycles. The molecular formula is C10H19N. The zero-order valence-corrected chi connectivity index (χ0v) is 8.04. The van der Waals surface area contributed by atoms with Gasteiger partial charge in [0, 0.05) is 12.1 Å². The van der Waals surface area contributed by atoms with Crippen LogP contribution in [0.2, 0.25) is 0 Å². The maximum absolute atomic E-state index is 2.51. The van der Waals surface area contributed by atoms with Gasteiger partial charge in [0.15, 0.2) is 0 Å².